The SMILES string of the molecule is Cc1nsnc1CSCC(=O)Nc1ccc(N2CCOCC2)cc1. The van der Waals surface area contributed by atoms with Gasteiger partial charge in [0.2, 0.25) is 5.91 Å². The molecule has 1 aromatic carbocycles. The van der Waals surface area contributed by atoms with Gasteiger partial charge in [0, 0.05) is 30.2 Å². The lowest BCUT2D eigenvalue weighted by atomic mass is 10.2. The summed E-state index contributed by atoms with van der Waals surface area (Å²) < 4.78 is 13.7. The Balaban J connectivity index is 1.45. The summed E-state index contributed by atoms with van der Waals surface area (Å²) in [7, 11) is 0. The number of nitrogens with zero attached hydrogens (tertiary/aromatic N) is 3. The summed E-state index contributed by atoms with van der Waals surface area (Å²) in [5, 5.41) is 2.93. The Morgan fingerprint density at radius 2 is 2.04 bits per heavy atom. The molecule has 3 rings (SSSR count). The van der Waals surface area contributed by atoms with Gasteiger partial charge in [-0.05, 0) is 31.2 Å². The summed E-state index contributed by atoms with van der Waals surface area (Å²) in [6, 6.07) is 7.97. The van der Waals surface area contributed by atoms with Crippen LogP contribution in [0.3, 0.4) is 0 Å². The number of amides is 1. The van der Waals surface area contributed by atoms with Gasteiger partial charge in [0.15, 0.2) is 0 Å². The molecular formula is C16H20N4O2S2. The highest BCUT2D eigenvalue weighted by molar-refractivity contribution is 7.99. The molecular weight excluding hydrogens is 344 g/mol. The van der Waals surface area contributed by atoms with Crippen molar-refractivity contribution in [1.82, 2.24) is 8.75 Å². The highest BCUT2D eigenvalue weighted by Crippen LogP contribution is 2.19. The van der Waals surface area contributed by atoms with Crippen molar-refractivity contribution < 1.29 is 9.53 Å². The highest BCUT2D eigenvalue weighted by Gasteiger charge is 2.11. The van der Waals surface area contributed by atoms with Crippen molar-refractivity contribution in [3.8, 4) is 0 Å². The van der Waals surface area contributed by atoms with E-state index >= 15 is 0 Å². The molecule has 1 fully saturated rings. The number of morpholine rings is 1. The maximum Gasteiger partial charge on any atom is 0.234 e. The minimum absolute atomic E-state index is 0.0000330. The largest absolute Gasteiger partial charge is 0.378 e. The monoisotopic (exact) mass is 364 g/mol. The lowest BCUT2D eigenvalue weighted by Gasteiger charge is -2.28. The predicted molar refractivity (Wildman–Crippen MR) is 98.9 cm³/mol. The minimum atomic E-state index is -0.0000330. The molecule has 6 nitrogen and oxygen atoms in total. The van der Waals surface area contributed by atoms with Gasteiger partial charge in [-0.15, -0.1) is 11.8 Å². The van der Waals surface area contributed by atoms with E-state index in [1.807, 2.05) is 31.2 Å². The zero-order chi connectivity index (χ0) is 16.8. The van der Waals surface area contributed by atoms with Gasteiger partial charge in [-0.25, -0.2) is 0 Å². The van der Waals surface area contributed by atoms with Crippen LogP contribution in [0.4, 0.5) is 11.4 Å². The number of anilines is 2. The number of hydrogen-bond acceptors (Lipinski definition) is 7. The third-order valence-corrected chi connectivity index (χ3v) is 5.35. The quantitative estimate of drug-likeness (QED) is 0.850. The van der Waals surface area contributed by atoms with E-state index in [2.05, 4.69) is 19.0 Å². The number of rotatable bonds is 6. The van der Waals surface area contributed by atoms with Gasteiger partial charge in [0.1, 0.15) is 0 Å². The van der Waals surface area contributed by atoms with E-state index in [9.17, 15) is 4.79 Å². The first-order chi connectivity index (χ1) is 11.7. The molecule has 0 saturated carbocycles. The lowest BCUT2D eigenvalue weighted by molar-refractivity contribution is -0.113. The van der Waals surface area contributed by atoms with Crippen molar-refractivity contribution in [2.45, 2.75) is 12.7 Å². The van der Waals surface area contributed by atoms with Crippen LogP contribution in [0.15, 0.2) is 24.3 Å². The molecule has 24 heavy (non-hydrogen) atoms. The van der Waals surface area contributed by atoms with E-state index < -0.39 is 0 Å². The topological polar surface area (TPSA) is 67.4 Å². The Morgan fingerprint density at radius 1 is 1.29 bits per heavy atom. The van der Waals surface area contributed by atoms with E-state index in [-0.39, 0.29) is 5.91 Å². The van der Waals surface area contributed by atoms with Gasteiger partial charge in [-0.1, -0.05) is 0 Å². The molecule has 1 amide bonds. The first-order valence-corrected chi connectivity index (χ1v) is 9.69. The smallest absolute Gasteiger partial charge is 0.234 e. The normalized spacial score (nSPS) is 14.6. The number of thioether (sulfide) groups is 1. The summed E-state index contributed by atoms with van der Waals surface area (Å²) in [6.07, 6.45) is 0. The standard InChI is InChI=1S/C16H20N4O2S2/c1-12-15(19-24-18-12)10-23-11-16(21)17-13-2-4-14(5-3-13)20-6-8-22-9-7-20/h2-5H,6-11H2,1H3,(H,17,21). The molecule has 2 heterocycles. The maximum absolute atomic E-state index is 12.0. The maximum atomic E-state index is 12.0. The fourth-order valence-corrected chi connectivity index (χ4v) is 3.87. The Morgan fingerprint density at radius 3 is 2.71 bits per heavy atom. The van der Waals surface area contributed by atoms with E-state index in [0.717, 1.165) is 49.1 Å². The summed E-state index contributed by atoms with van der Waals surface area (Å²) in [5.41, 5.74) is 3.90. The van der Waals surface area contributed by atoms with Crippen LogP contribution in [-0.2, 0) is 15.3 Å². The van der Waals surface area contributed by atoms with Gasteiger partial charge in [-0.3, -0.25) is 4.79 Å². The molecule has 0 aliphatic carbocycles. The summed E-state index contributed by atoms with van der Waals surface area (Å²) in [6.45, 7) is 5.29. The van der Waals surface area contributed by atoms with Crippen LogP contribution in [0, 0.1) is 6.92 Å². The fourth-order valence-electron chi connectivity index (χ4n) is 2.40. The Bertz CT molecular complexity index is 669. The number of benzene rings is 1. The molecule has 128 valence electrons. The first kappa shape index (κ1) is 17.2. The van der Waals surface area contributed by atoms with Crippen LogP contribution in [0.2, 0.25) is 0 Å². The lowest BCUT2D eigenvalue weighted by Crippen LogP contribution is -2.36. The highest BCUT2D eigenvalue weighted by atomic mass is 32.2. The van der Waals surface area contributed by atoms with Gasteiger partial charge >= 0.3 is 0 Å². The van der Waals surface area contributed by atoms with Crippen molar-refractivity contribution in [1.29, 1.82) is 0 Å². The molecule has 1 aliphatic heterocycles. The minimum Gasteiger partial charge on any atom is -0.378 e. The van der Waals surface area contributed by atoms with Crippen molar-refractivity contribution in [3.63, 3.8) is 0 Å². The Labute approximate surface area is 149 Å². The first-order valence-electron chi connectivity index (χ1n) is 7.81. The second-order valence-electron chi connectivity index (χ2n) is 5.48. The summed E-state index contributed by atoms with van der Waals surface area (Å²) in [4.78, 5) is 14.3. The molecule has 1 aromatic heterocycles. The molecule has 1 aliphatic rings. The van der Waals surface area contributed by atoms with Crippen LogP contribution in [0.5, 0.6) is 0 Å². The number of carbonyl (C=O) groups is 1. The average Bonchev–Trinajstić information content (AvgIpc) is 3.01. The molecule has 0 unspecified atom stereocenters. The van der Waals surface area contributed by atoms with Crippen molar-refractivity contribution >= 4 is 40.8 Å². The predicted octanol–water partition coefficient (Wildman–Crippen LogP) is 2.56. The molecule has 0 spiro atoms. The molecule has 0 radical (unpaired) electrons. The third-order valence-electron chi connectivity index (χ3n) is 3.75. The molecule has 1 N–H and O–H groups in total. The van der Waals surface area contributed by atoms with E-state index in [0.29, 0.717) is 11.5 Å². The number of ether oxygens (including phenoxy) is 1. The van der Waals surface area contributed by atoms with E-state index in [4.69, 9.17) is 4.74 Å². The second-order valence-corrected chi connectivity index (χ2v) is 7.00. The van der Waals surface area contributed by atoms with Gasteiger partial charge in [0.25, 0.3) is 0 Å². The van der Waals surface area contributed by atoms with E-state index in [1.54, 1.807) is 11.8 Å². The van der Waals surface area contributed by atoms with Gasteiger partial charge in [-0.2, -0.15) is 8.75 Å². The Hall–Kier alpha value is -1.64. The zero-order valence-corrected chi connectivity index (χ0v) is 15.2. The van der Waals surface area contributed by atoms with Crippen molar-refractivity contribution in [2.75, 3.05) is 42.3 Å². The average molecular weight is 364 g/mol. The van der Waals surface area contributed by atoms with Crippen LogP contribution < -0.4 is 10.2 Å². The Kier molecular flexibility index (Phi) is 6.06. The van der Waals surface area contributed by atoms with E-state index in [1.165, 1.54) is 11.7 Å². The van der Waals surface area contributed by atoms with Gasteiger partial charge in [0.05, 0.1) is 42.1 Å². The van der Waals surface area contributed by atoms with Crippen LogP contribution >= 0.6 is 23.5 Å². The van der Waals surface area contributed by atoms with Crippen LogP contribution in [-0.4, -0.2) is 46.7 Å². The fraction of sp³-hybridized carbons (Fsp3) is 0.438. The number of hydrogen-bond donors (Lipinski definition) is 1. The number of carbonyl (C=O) groups excluding carboxylic acids is 1. The molecule has 8 heteroatoms. The second kappa shape index (κ2) is 8.46. The number of aryl methyl sites for hydroxylation is 1. The van der Waals surface area contributed by atoms with Crippen molar-refractivity contribution in [3.05, 3.63) is 35.7 Å². The zero-order valence-electron chi connectivity index (χ0n) is 13.5. The number of nitrogens with one attached hydrogen (secondary N) is 1. The van der Waals surface area contributed by atoms with Crippen LogP contribution in [0.1, 0.15) is 11.4 Å². The third kappa shape index (κ3) is 4.68. The molecule has 0 bridgehead atoms. The summed E-state index contributed by atoms with van der Waals surface area (Å²) >= 11 is 2.76. The molecule has 2 aromatic rings. The number of aromatic nitrogens is 2. The molecule has 1 saturated heterocycles. The molecule has 0 atom stereocenters. The van der Waals surface area contributed by atoms with Crippen LogP contribution in [0.25, 0.3) is 0 Å². The van der Waals surface area contributed by atoms with Crippen molar-refractivity contribution in [2.24, 2.45) is 0 Å². The summed E-state index contributed by atoms with van der Waals surface area (Å²) in [5.74, 6) is 1.12. The van der Waals surface area contributed by atoms with Gasteiger partial charge < -0.3 is 15.0 Å².